The van der Waals surface area contributed by atoms with Crippen LogP contribution in [-0.2, 0) is 14.6 Å². The molecule has 1 N–H and O–H groups in total. The largest absolute Gasteiger partial charge is 0.323 e. The molecule has 4 saturated carbocycles. The predicted molar refractivity (Wildman–Crippen MR) is 88.7 cm³/mol. The molecular weight excluding hydrogens is 329 g/mol. The van der Waals surface area contributed by atoms with Gasteiger partial charge in [-0.1, -0.05) is 0 Å². The molecule has 4 bridgehead atoms. The maximum absolute atomic E-state index is 14.0. The van der Waals surface area contributed by atoms with Gasteiger partial charge in [0.15, 0.2) is 9.84 Å². The fourth-order valence-electron chi connectivity index (χ4n) is 5.40. The van der Waals surface area contributed by atoms with Crippen molar-refractivity contribution in [3.63, 3.8) is 0 Å². The second kappa shape index (κ2) is 5.55. The first-order valence-electron chi connectivity index (χ1n) is 8.61. The van der Waals surface area contributed by atoms with Gasteiger partial charge in [-0.25, -0.2) is 12.8 Å². The van der Waals surface area contributed by atoms with Crippen LogP contribution in [0.4, 0.5) is 10.1 Å². The van der Waals surface area contributed by atoms with Crippen molar-refractivity contribution in [1.29, 1.82) is 0 Å². The van der Waals surface area contributed by atoms with Crippen LogP contribution in [0.25, 0.3) is 0 Å². The molecule has 4 aliphatic carbocycles. The van der Waals surface area contributed by atoms with E-state index in [0.29, 0.717) is 11.8 Å². The van der Waals surface area contributed by atoms with Crippen LogP contribution in [0, 0.1) is 35.4 Å². The van der Waals surface area contributed by atoms with Crippen LogP contribution in [0.5, 0.6) is 0 Å². The summed E-state index contributed by atoms with van der Waals surface area (Å²) in [5, 5.41) is 2.67. The van der Waals surface area contributed by atoms with Crippen LogP contribution in [0.3, 0.4) is 0 Å². The lowest BCUT2D eigenvalue weighted by molar-refractivity contribution is -0.132. The van der Waals surface area contributed by atoms with E-state index in [0.717, 1.165) is 49.8 Å². The molecular formula is C18H22FNO3S. The minimum Gasteiger partial charge on any atom is -0.323 e. The number of hydrogen-bond acceptors (Lipinski definition) is 3. The smallest absolute Gasteiger partial charge is 0.228 e. The Labute approximate surface area is 141 Å². The lowest BCUT2D eigenvalue weighted by atomic mass is 9.51. The summed E-state index contributed by atoms with van der Waals surface area (Å²) in [6, 6.07) is 3.55. The van der Waals surface area contributed by atoms with Crippen LogP contribution in [0.2, 0.25) is 0 Å². The van der Waals surface area contributed by atoms with Gasteiger partial charge in [0.2, 0.25) is 5.91 Å². The highest BCUT2D eigenvalue weighted by atomic mass is 32.2. The predicted octanol–water partition coefficient (Wildman–Crippen LogP) is 3.24. The van der Waals surface area contributed by atoms with E-state index >= 15 is 0 Å². The van der Waals surface area contributed by atoms with Crippen molar-refractivity contribution in [3.8, 4) is 0 Å². The standard InChI is InChI=1S/C18H22FNO3S/c1-24(22,23)14-2-3-15(19)16(9-14)20-18(21)17-12-5-10-4-11(7-12)8-13(17)6-10/h2-3,9-13,17H,4-8H2,1H3,(H,20,21). The summed E-state index contributed by atoms with van der Waals surface area (Å²) in [6.45, 7) is 0. The van der Waals surface area contributed by atoms with E-state index in [4.69, 9.17) is 0 Å². The van der Waals surface area contributed by atoms with E-state index in [2.05, 4.69) is 5.32 Å². The normalized spacial score (nSPS) is 34.3. The van der Waals surface area contributed by atoms with Crippen LogP contribution in [-0.4, -0.2) is 20.6 Å². The zero-order chi connectivity index (χ0) is 17.1. The topological polar surface area (TPSA) is 63.2 Å². The minimum atomic E-state index is -3.44. The number of hydrogen-bond donors (Lipinski definition) is 1. The quantitative estimate of drug-likeness (QED) is 0.851. The molecule has 6 heteroatoms. The van der Waals surface area contributed by atoms with Gasteiger partial charge < -0.3 is 5.32 Å². The average molecular weight is 351 g/mol. The number of rotatable bonds is 3. The Hall–Kier alpha value is -1.43. The molecule has 0 spiro atoms. The minimum absolute atomic E-state index is 0.0179. The molecule has 0 saturated heterocycles. The fraction of sp³-hybridized carbons (Fsp3) is 0.611. The summed E-state index contributed by atoms with van der Waals surface area (Å²) in [7, 11) is -3.44. The van der Waals surface area contributed by atoms with Gasteiger partial charge in [0.25, 0.3) is 0 Å². The molecule has 1 aromatic rings. The van der Waals surface area contributed by atoms with E-state index in [1.807, 2.05) is 0 Å². The van der Waals surface area contributed by atoms with Crippen LogP contribution < -0.4 is 5.32 Å². The molecule has 1 aromatic carbocycles. The number of anilines is 1. The molecule has 4 nitrogen and oxygen atoms in total. The van der Waals surface area contributed by atoms with E-state index in [1.54, 1.807) is 0 Å². The Kier molecular flexibility index (Phi) is 3.71. The second-order valence-electron chi connectivity index (χ2n) is 7.86. The van der Waals surface area contributed by atoms with Gasteiger partial charge in [-0.2, -0.15) is 0 Å². The molecule has 130 valence electrons. The SMILES string of the molecule is CS(=O)(=O)c1ccc(F)c(NC(=O)C2C3CC4CC(C3)CC2C4)c1. The van der Waals surface area contributed by atoms with E-state index in [9.17, 15) is 17.6 Å². The van der Waals surface area contributed by atoms with Gasteiger partial charge in [-0.15, -0.1) is 0 Å². The van der Waals surface area contributed by atoms with Crippen molar-refractivity contribution in [1.82, 2.24) is 0 Å². The maximum Gasteiger partial charge on any atom is 0.228 e. The van der Waals surface area contributed by atoms with Gasteiger partial charge in [-0.05, 0) is 74.0 Å². The third-order valence-electron chi connectivity index (χ3n) is 6.15. The highest BCUT2D eigenvalue weighted by molar-refractivity contribution is 7.90. The molecule has 0 heterocycles. The summed E-state index contributed by atoms with van der Waals surface area (Å²) in [5.74, 6) is 1.54. The lowest BCUT2D eigenvalue weighted by Gasteiger charge is -2.53. The number of benzene rings is 1. The summed E-state index contributed by atoms with van der Waals surface area (Å²) in [4.78, 5) is 12.8. The van der Waals surface area contributed by atoms with Crippen molar-refractivity contribution >= 4 is 21.4 Å². The van der Waals surface area contributed by atoms with Gasteiger partial charge in [0, 0.05) is 12.2 Å². The van der Waals surface area contributed by atoms with Crippen molar-refractivity contribution in [2.45, 2.75) is 37.0 Å². The van der Waals surface area contributed by atoms with Gasteiger partial charge >= 0.3 is 0 Å². The Morgan fingerprint density at radius 1 is 1.08 bits per heavy atom. The summed E-state index contributed by atoms with van der Waals surface area (Å²) >= 11 is 0. The molecule has 24 heavy (non-hydrogen) atoms. The van der Waals surface area contributed by atoms with Crippen molar-refractivity contribution < 1.29 is 17.6 Å². The molecule has 0 unspecified atom stereocenters. The maximum atomic E-state index is 14.0. The van der Waals surface area contributed by atoms with E-state index in [1.165, 1.54) is 18.6 Å². The van der Waals surface area contributed by atoms with Crippen molar-refractivity contribution in [3.05, 3.63) is 24.0 Å². The Bertz CT molecular complexity index is 761. The number of halogens is 1. The molecule has 0 aliphatic heterocycles. The zero-order valence-corrected chi connectivity index (χ0v) is 14.5. The molecule has 0 aromatic heterocycles. The molecule has 4 aliphatic rings. The summed E-state index contributed by atoms with van der Waals surface area (Å²) < 4.78 is 37.3. The van der Waals surface area contributed by atoms with Crippen LogP contribution in [0.1, 0.15) is 32.1 Å². The zero-order valence-electron chi connectivity index (χ0n) is 13.7. The Morgan fingerprint density at radius 2 is 1.67 bits per heavy atom. The van der Waals surface area contributed by atoms with Crippen LogP contribution >= 0.6 is 0 Å². The van der Waals surface area contributed by atoms with E-state index < -0.39 is 15.7 Å². The van der Waals surface area contributed by atoms with Crippen molar-refractivity contribution in [2.24, 2.45) is 29.6 Å². The third-order valence-corrected chi connectivity index (χ3v) is 7.26. The Balaban J connectivity index is 1.56. The van der Waals surface area contributed by atoms with Gasteiger partial charge in [-0.3, -0.25) is 4.79 Å². The highest BCUT2D eigenvalue weighted by Gasteiger charge is 2.50. The molecule has 5 rings (SSSR count). The van der Waals surface area contributed by atoms with Crippen LogP contribution in [0.15, 0.2) is 23.1 Å². The third kappa shape index (κ3) is 2.75. The van der Waals surface area contributed by atoms with Gasteiger partial charge in [0.1, 0.15) is 5.82 Å². The van der Waals surface area contributed by atoms with E-state index in [-0.39, 0.29) is 22.4 Å². The number of carbonyl (C=O) groups is 1. The number of carbonyl (C=O) groups excluding carboxylic acids is 1. The number of amides is 1. The second-order valence-corrected chi connectivity index (χ2v) is 9.88. The fourth-order valence-corrected chi connectivity index (χ4v) is 6.05. The number of sulfone groups is 1. The first-order valence-corrected chi connectivity index (χ1v) is 10.5. The average Bonchev–Trinajstić information content (AvgIpc) is 2.47. The van der Waals surface area contributed by atoms with Crippen molar-refractivity contribution in [2.75, 3.05) is 11.6 Å². The first kappa shape index (κ1) is 16.1. The Morgan fingerprint density at radius 3 is 2.21 bits per heavy atom. The molecule has 0 radical (unpaired) electrons. The first-order chi connectivity index (χ1) is 11.3. The summed E-state index contributed by atoms with van der Waals surface area (Å²) in [6.07, 6.45) is 6.82. The number of nitrogens with one attached hydrogen (secondary N) is 1. The molecule has 1 amide bonds. The molecule has 4 fully saturated rings. The lowest BCUT2D eigenvalue weighted by Crippen LogP contribution is -2.49. The molecule has 0 atom stereocenters. The summed E-state index contributed by atoms with van der Waals surface area (Å²) in [5.41, 5.74) is -0.0308. The van der Waals surface area contributed by atoms with Gasteiger partial charge in [0.05, 0.1) is 10.6 Å². The monoisotopic (exact) mass is 351 g/mol. The highest BCUT2D eigenvalue weighted by Crippen LogP contribution is 2.56.